The number of nitrogens with one attached hydrogen (secondary N) is 1. The Morgan fingerprint density at radius 1 is 1.24 bits per heavy atom. The molecule has 0 radical (unpaired) electrons. The molecular formula is C19H30N2. The molecule has 1 aromatic carbocycles. The Kier molecular flexibility index (Phi) is 4.37. The lowest BCUT2D eigenvalue weighted by Crippen LogP contribution is -2.52. The van der Waals surface area contributed by atoms with E-state index >= 15 is 0 Å². The van der Waals surface area contributed by atoms with Crippen molar-refractivity contribution in [2.24, 2.45) is 0 Å². The zero-order valence-corrected chi connectivity index (χ0v) is 13.9. The molecule has 2 aliphatic rings. The van der Waals surface area contributed by atoms with Gasteiger partial charge in [0.05, 0.1) is 0 Å². The number of nitrogens with zero attached hydrogens (tertiary/aromatic N) is 1. The summed E-state index contributed by atoms with van der Waals surface area (Å²) in [5.41, 5.74) is 3.49. The topological polar surface area (TPSA) is 15.3 Å². The number of fused-ring (bicyclic) bond motifs is 1. The molecule has 21 heavy (non-hydrogen) atoms. The molecule has 116 valence electrons. The molecular weight excluding hydrogens is 256 g/mol. The first kappa shape index (κ1) is 15.1. The summed E-state index contributed by atoms with van der Waals surface area (Å²) >= 11 is 0. The summed E-state index contributed by atoms with van der Waals surface area (Å²) in [4.78, 5) is 2.76. The van der Waals surface area contributed by atoms with E-state index in [1.54, 1.807) is 11.1 Å². The highest BCUT2D eigenvalue weighted by atomic mass is 15.2. The first-order valence-corrected chi connectivity index (χ1v) is 8.74. The SMILES string of the molecule is CCC1(CC)CN(CC2Cc3ccccc32)C(C)CCN1. The van der Waals surface area contributed by atoms with Gasteiger partial charge in [-0.15, -0.1) is 0 Å². The van der Waals surface area contributed by atoms with E-state index < -0.39 is 0 Å². The molecule has 1 aliphatic carbocycles. The van der Waals surface area contributed by atoms with Gasteiger partial charge in [0.15, 0.2) is 0 Å². The number of benzene rings is 1. The second-order valence-corrected chi connectivity index (χ2v) is 7.08. The minimum Gasteiger partial charge on any atom is -0.310 e. The van der Waals surface area contributed by atoms with Gasteiger partial charge in [0.1, 0.15) is 0 Å². The van der Waals surface area contributed by atoms with E-state index in [1.807, 2.05) is 0 Å². The summed E-state index contributed by atoms with van der Waals surface area (Å²) in [6.45, 7) is 10.7. The van der Waals surface area contributed by atoms with Gasteiger partial charge in [-0.2, -0.15) is 0 Å². The zero-order chi connectivity index (χ0) is 14.9. The summed E-state index contributed by atoms with van der Waals surface area (Å²) in [5, 5.41) is 3.84. The standard InChI is InChI=1S/C19H30N2/c1-4-19(5-2)14-21(15(3)10-11-20-19)13-17-12-16-8-6-7-9-18(16)17/h6-9,15,17,20H,4-5,10-14H2,1-3H3. The van der Waals surface area contributed by atoms with Crippen LogP contribution >= 0.6 is 0 Å². The van der Waals surface area contributed by atoms with Crippen molar-refractivity contribution in [3.8, 4) is 0 Å². The molecule has 2 unspecified atom stereocenters. The molecule has 2 atom stereocenters. The first-order chi connectivity index (χ1) is 10.2. The fourth-order valence-corrected chi connectivity index (χ4v) is 4.11. The maximum Gasteiger partial charge on any atom is 0.0303 e. The van der Waals surface area contributed by atoms with Gasteiger partial charge in [0.25, 0.3) is 0 Å². The van der Waals surface area contributed by atoms with E-state index in [0.717, 1.165) is 5.92 Å². The molecule has 1 fully saturated rings. The highest BCUT2D eigenvalue weighted by molar-refractivity contribution is 5.40. The van der Waals surface area contributed by atoms with Gasteiger partial charge >= 0.3 is 0 Å². The van der Waals surface area contributed by atoms with E-state index in [-0.39, 0.29) is 0 Å². The van der Waals surface area contributed by atoms with Crippen molar-refractivity contribution in [1.82, 2.24) is 10.2 Å². The van der Waals surface area contributed by atoms with E-state index in [0.29, 0.717) is 11.6 Å². The lowest BCUT2D eigenvalue weighted by molar-refractivity contribution is 0.147. The summed E-state index contributed by atoms with van der Waals surface area (Å²) in [7, 11) is 0. The lowest BCUT2D eigenvalue weighted by Gasteiger charge is -2.41. The Balaban J connectivity index is 1.71. The van der Waals surface area contributed by atoms with Gasteiger partial charge in [0, 0.05) is 30.6 Å². The van der Waals surface area contributed by atoms with Crippen LogP contribution in [-0.2, 0) is 6.42 Å². The molecule has 2 nitrogen and oxygen atoms in total. The maximum atomic E-state index is 3.84. The van der Waals surface area contributed by atoms with Gasteiger partial charge in [-0.25, -0.2) is 0 Å². The minimum absolute atomic E-state index is 0.327. The van der Waals surface area contributed by atoms with Gasteiger partial charge in [-0.05, 0) is 50.3 Å². The molecule has 0 amide bonds. The molecule has 1 saturated heterocycles. The van der Waals surface area contributed by atoms with Crippen LogP contribution in [0.4, 0.5) is 0 Å². The van der Waals surface area contributed by atoms with E-state index in [2.05, 4.69) is 55.3 Å². The second kappa shape index (κ2) is 6.10. The van der Waals surface area contributed by atoms with Crippen LogP contribution in [0.5, 0.6) is 0 Å². The Morgan fingerprint density at radius 3 is 2.71 bits per heavy atom. The number of rotatable bonds is 4. The van der Waals surface area contributed by atoms with Gasteiger partial charge in [0.2, 0.25) is 0 Å². The van der Waals surface area contributed by atoms with Crippen LogP contribution in [0.2, 0.25) is 0 Å². The Hall–Kier alpha value is -0.860. The fourth-order valence-electron chi connectivity index (χ4n) is 4.11. The van der Waals surface area contributed by atoms with Gasteiger partial charge in [-0.1, -0.05) is 38.1 Å². The fraction of sp³-hybridized carbons (Fsp3) is 0.684. The molecule has 2 heteroatoms. The maximum absolute atomic E-state index is 3.84. The highest BCUT2D eigenvalue weighted by Gasteiger charge is 2.35. The summed E-state index contributed by atoms with van der Waals surface area (Å²) in [6, 6.07) is 9.69. The van der Waals surface area contributed by atoms with Crippen LogP contribution < -0.4 is 5.32 Å². The number of hydrogen-bond acceptors (Lipinski definition) is 2. The molecule has 0 aromatic heterocycles. The monoisotopic (exact) mass is 286 g/mol. The third-order valence-corrected chi connectivity index (χ3v) is 5.96. The second-order valence-electron chi connectivity index (χ2n) is 7.08. The van der Waals surface area contributed by atoms with Crippen molar-refractivity contribution in [2.75, 3.05) is 19.6 Å². The quantitative estimate of drug-likeness (QED) is 0.910. The third-order valence-electron chi connectivity index (χ3n) is 5.96. The summed E-state index contributed by atoms with van der Waals surface area (Å²) < 4.78 is 0. The molecule has 3 rings (SSSR count). The molecule has 0 bridgehead atoms. The van der Waals surface area contributed by atoms with Crippen molar-refractivity contribution >= 4 is 0 Å². The average molecular weight is 286 g/mol. The summed E-state index contributed by atoms with van der Waals surface area (Å²) in [6.07, 6.45) is 5.01. The van der Waals surface area contributed by atoms with Crippen molar-refractivity contribution < 1.29 is 0 Å². The van der Waals surface area contributed by atoms with E-state index in [4.69, 9.17) is 0 Å². The van der Waals surface area contributed by atoms with E-state index in [1.165, 1.54) is 45.3 Å². The van der Waals surface area contributed by atoms with Crippen LogP contribution in [0.1, 0.15) is 57.1 Å². The normalized spacial score (nSPS) is 28.5. The molecule has 0 saturated carbocycles. The van der Waals surface area contributed by atoms with Crippen LogP contribution in [0, 0.1) is 0 Å². The summed E-state index contributed by atoms with van der Waals surface area (Å²) in [5.74, 6) is 0.758. The third kappa shape index (κ3) is 2.89. The molecule has 1 N–H and O–H groups in total. The van der Waals surface area contributed by atoms with Crippen molar-refractivity contribution in [3.05, 3.63) is 35.4 Å². The van der Waals surface area contributed by atoms with Crippen LogP contribution in [0.15, 0.2) is 24.3 Å². The average Bonchev–Trinajstić information content (AvgIpc) is 2.65. The van der Waals surface area contributed by atoms with Crippen molar-refractivity contribution in [1.29, 1.82) is 0 Å². The van der Waals surface area contributed by atoms with Crippen LogP contribution in [0.3, 0.4) is 0 Å². The highest BCUT2D eigenvalue weighted by Crippen LogP contribution is 2.36. The Morgan fingerprint density at radius 2 is 2.00 bits per heavy atom. The molecule has 0 spiro atoms. The van der Waals surface area contributed by atoms with E-state index in [9.17, 15) is 0 Å². The van der Waals surface area contributed by atoms with Crippen molar-refractivity contribution in [3.63, 3.8) is 0 Å². The lowest BCUT2D eigenvalue weighted by atomic mass is 9.77. The van der Waals surface area contributed by atoms with Crippen molar-refractivity contribution in [2.45, 2.75) is 64.0 Å². The largest absolute Gasteiger partial charge is 0.310 e. The first-order valence-electron chi connectivity index (χ1n) is 8.74. The van der Waals surface area contributed by atoms with Gasteiger partial charge < -0.3 is 5.32 Å². The minimum atomic E-state index is 0.327. The zero-order valence-electron chi connectivity index (χ0n) is 13.9. The Bertz CT molecular complexity index is 478. The predicted octanol–water partition coefficient (Wildman–Crippen LogP) is 3.57. The molecule has 1 aliphatic heterocycles. The smallest absolute Gasteiger partial charge is 0.0303 e. The van der Waals surface area contributed by atoms with Crippen LogP contribution in [-0.4, -0.2) is 36.1 Å². The van der Waals surface area contributed by atoms with Gasteiger partial charge in [-0.3, -0.25) is 4.90 Å². The molecule has 1 heterocycles. The Labute approximate surface area is 129 Å². The predicted molar refractivity (Wildman–Crippen MR) is 89.9 cm³/mol. The molecule has 1 aromatic rings. The van der Waals surface area contributed by atoms with Crippen LogP contribution in [0.25, 0.3) is 0 Å². The number of hydrogen-bond donors (Lipinski definition) is 1.